The number of ether oxygens (including phenoxy) is 3. The van der Waals surface area contributed by atoms with Gasteiger partial charge in [-0.3, -0.25) is 0 Å². The zero-order valence-corrected chi connectivity index (χ0v) is 20.8. The van der Waals surface area contributed by atoms with Crippen molar-refractivity contribution >= 4 is 52.1 Å². The number of benzene rings is 3. The Bertz CT molecular complexity index is 1210. The molecule has 4 rings (SSSR count). The molecule has 7 heteroatoms. The average molecular weight is 574 g/mol. The number of esters is 1. The standard InChI is InChI=1S/C26H21ClINO4/c1-2-31-23-16-18(14-21(27)24(23)32-13-12-17-6-4-3-5-7-17)15-22-26(30)33-25(29-22)19-8-10-20(28)11-9-19/h3-11,14-16H,2,12-13H2,1H3/b22-15-. The third-order valence-electron chi connectivity index (χ3n) is 4.83. The number of rotatable bonds is 8. The van der Waals surface area contributed by atoms with Gasteiger partial charge in [-0.2, -0.15) is 0 Å². The van der Waals surface area contributed by atoms with Gasteiger partial charge in [0, 0.05) is 15.6 Å². The van der Waals surface area contributed by atoms with Gasteiger partial charge in [0.25, 0.3) is 0 Å². The minimum Gasteiger partial charge on any atom is -0.490 e. The topological polar surface area (TPSA) is 57.1 Å². The summed E-state index contributed by atoms with van der Waals surface area (Å²) in [4.78, 5) is 16.7. The maximum absolute atomic E-state index is 12.4. The van der Waals surface area contributed by atoms with Crippen LogP contribution in [0.1, 0.15) is 23.6 Å². The first-order valence-electron chi connectivity index (χ1n) is 10.4. The van der Waals surface area contributed by atoms with Gasteiger partial charge in [-0.05, 0) is 83.1 Å². The first kappa shape index (κ1) is 23.3. The van der Waals surface area contributed by atoms with Crippen LogP contribution < -0.4 is 9.47 Å². The van der Waals surface area contributed by atoms with Crippen molar-refractivity contribution in [2.24, 2.45) is 4.99 Å². The number of cyclic esters (lactones) is 1. The van der Waals surface area contributed by atoms with E-state index < -0.39 is 5.97 Å². The number of aliphatic imine (C=N–C) groups is 1. The van der Waals surface area contributed by atoms with Crippen molar-refractivity contribution in [3.8, 4) is 11.5 Å². The Kier molecular flexibility index (Phi) is 7.67. The fraction of sp³-hybridized carbons (Fsp3) is 0.154. The molecular weight excluding hydrogens is 553 g/mol. The number of nitrogens with zero attached hydrogens (tertiary/aromatic N) is 1. The summed E-state index contributed by atoms with van der Waals surface area (Å²) < 4.78 is 18.2. The second-order valence-corrected chi connectivity index (χ2v) is 8.84. The highest BCUT2D eigenvalue weighted by atomic mass is 127. The maximum atomic E-state index is 12.4. The molecule has 0 amide bonds. The lowest BCUT2D eigenvalue weighted by Gasteiger charge is -2.14. The fourth-order valence-electron chi connectivity index (χ4n) is 3.27. The largest absolute Gasteiger partial charge is 0.490 e. The number of hydrogen-bond acceptors (Lipinski definition) is 5. The molecule has 0 fully saturated rings. The highest BCUT2D eigenvalue weighted by Gasteiger charge is 2.24. The van der Waals surface area contributed by atoms with Crippen LogP contribution in [0.2, 0.25) is 5.02 Å². The third-order valence-corrected chi connectivity index (χ3v) is 5.83. The molecule has 168 valence electrons. The Morgan fingerprint density at radius 1 is 1.06 bits per heavy atom. The second-order valence-electron chi connectivity index (χ2n) is 7.19. The minimum atomic E-state index is -0.513. The first-order valence-corrected chi connectivity index (χ1v) is 11.9. The molecule has 0 aliphatic carbocycles. The van der Waals surface area contributed by atoms with Crippen molar-refractivity contribution in [3.05, 3.63) is 97.7 Å². The number of hydrogen-bond donors (Lipinski definition) is 0. The van der Waals surface area contributed by atoms with E-state index in [2.05, 4.69) is 39.7 Å². The summed E-state index contributed by atoms with van der Waals surface area (Å²) in [5.74, 6) is 0.757. The summed E-state index contributed by atoms with van der Waals surface area (Å²) in [6, 6.07) is 21.2. The summed E-state index contributed by atoms with van der Waals surface area (Å²) in [5, 5.41) is 0.397. The Morgan fingerprint density at radius 2 is 1.82 bits per heavy atom. The third kappa shape index (κ3) is 5.94. The van der Waals surface area contributed by atoms with Gasteiger partial charge in [0.15, 0.2) is 17.2 Å². The van der Waals surface area contributed by atoms with Crippen molar-refractivity contribution in [2.45, 2.75) is 13.3 Å². The lowest BCUT2D eigenvalue weighted by molar-refractivity contribution is -0.129. The van der Waals surface area contributed by atoms with Gasteiger partial charge < -0.3 is 14.2 Å². The Morgan fingerprint density at radius 3 is 2.55 bits per heavy atom. The molecule has 33 heavy (non-hydrogen) atoms. The van der Waals surface area contributed by atoms with E-state index in [0.29, 0.717) is 35.3 Å². The zero-order chi connectivity index (χ0) is 23.2. The maximum Gasteiger partial charge on any atom is 0.363 e. The highest BCUT2D eigenvalue weighted by molar-refractivity contribution is 14.1. The van der Waals surface area contributed by atoms with Crippen molar-refractivity contribution in [1.82, 2.24) is 0 Å². The van der Waals surface area contributed by atoms with Gasteiger partial charge in [-0.15, -0.1) is 0 Å². The molecule has 3 aromatic rings. The highest BCUT2D eigenvalue weighted by Crippen LogP contribution is 2.37. The molecule has 0 N–H and O–H groups in total. The summed E-state index contributed by atoms with van der Waals surface area (Å²) in [6.07, 6.45) is 2.38. The summed E-state index contributed by atoms with van der Waals surface area (Å²) in [5.41, 5.74) is 2.77. The van der Waals surface area contributed by atoms with Crippen LogP contribution in [0.5, 0.6) is 11.5 Å². The van der Waals surface area contributed by atoms with Gasteiger partial charge in [0.05, 0.1) is 18.2 Å². The molecule has 3 aromatic carbocycles. The molecule has 1 aliphatic heterocycles. The van der Waals surface area contributed by atoms with Crippen LogP contribution in [0.25, 0.3) is 6.08 Å². The average Bonchev–Trinajstić information content (AvgIpc) is 3.17. The van der Waals surface area contributed by atoms with Crippen LogP contribution in [-0.4, -0.2) is 25.1 Å². The molecule has 0 aromatic heterocycles. The van der Waals surface area contributed by atoms with E-state index in [0.717, 1.165) is 15.6 Å². The van der Waals surface area contributed by atoms with E-state index in [1.165, 1.54) is 5.56 Å². The lowest BCUT2D eigenvalue weighted by atomic mass is 10.1. The van der Waals surface area contributed by atoms with Crippen molar-refractivity contribution in [3.63, 3.8) is 0 Å². The first-order chi connectivity index (χ1) is 16.0. The van der Waals surface area contributed by atoms with Crippen molar-refractivity contribution in [2.75, 3.05) is 13.2 Å². The lowest BCUT2D eigenvalue weighted by Crippen LogP contribution is -2.05. The summed E-state index contributed by atoms with van der Waals surface area (Å²) in [7, 11) is 0. The van der Waals surface area contributed by atoms with E-state index in [-0.39, 0.29) is 11.6 Å². The molecule has 1 heterocycles. The zero-order valence-electron chi connectivity index (χ0n) is 17.9. The van der Waals surface area contributed by atoms with Crippen LogP contribution in [-0.2, 0) is 16.0 Å². The van der Waals surface area contributed by atoms with Crippen LogP contribution >= 0.6 is 34.2 Å². The number of carbonyl (C=O) groups excluding carboxylic acids is 1. The number of carbonyl (C=O) groups is 1. The molecule has 0 atom stereocenters. The predicted octanol–water partition coefficient (Wildman–Crippen LogP) is 6.31. The second kappa shape index (κ2) is 10.9. The van der Waals surface area contributed by atoms with Crippen LogP contribution in [0.15, 0.2) is 77.4 Å². The van der Waals surface area contributed by atoms with E-state index in [4.69, 9.17) is 25.8 Å². The number of halogens is 2. The van der Waals surface area contributed by atoms with E-state index >= 15 is 0 Å². The van der Waals surface area contributed by atoms with Gasteiger partial charge >= 0.3 is 5.97 Å². The fourth-order valence-corrected chi connectivity index (χ4v) is 3.91. The molecule has 5 nitrogen and oxygen atoms in total. The normalized spacial score (nSPS) is 14.2. The Hall–Kier alpha value is -2.84. The monoisotopic (exact) mass is 573 g/mol. The molecule has 0 unspecified atom stereocenters. The smallest absolute Gasteiger partial charge is 0.363 e. The summed E-state index contributed by atoms with van der Waals surface area (Å²) >= 11 is 8.74. The van der Waals surface area contributed by atoms with E-state index in [1.54, 1.807) is 18.2 Å². The molecule has 1 aliphatic rings. The summed E-state index contributed by atoms with van der Waals surface area (Å²) in [6.45, 7) is 2.79. The minimum absolute atomic E-state index is 0.194. The van der Waals surface area contributed by atoms with Crippen molar-refractivity contribution in [1.29, 1.82) is 0 Å². The van der Waals surface area contributed by atoms with Crippen LogP contribution in [0.4, 0.5) is 0 Å². The SMILES string of the molecule is CCOc1cc(/C=C2\N=C(c3ccc(I)cc3)OC2=O)cc(Cl)c1OCCc1ccccc1. The van der Waals surface area contributed by atoms with Gasteiger partial charge in [0.1, 0.15) is 0 Å². The van der Waals surface area contributed by atoms with Crippen LogP contribution in [0, 0.1) is 3.57 Å². The predicted molar refractivity (Wildman–Crippen MR) is 138 cm³/mol. The van der Waals surface area contributed by atoms with E-state index in [1.807, 2.05) is 49.4 Å². The Balaban J connectivity index is 1.55. The van der Waals surface area contributed by atoms with Gasteiger partial charge in [0.2, 0.25) is 5.90 Å². The van der Waals surface area contributed by atoms with Gasteiger partial charge in [-0.1, -0.05) is 41.9 Å². The molecule has 0 saturated heterocycles. The molecule has 0 saturated carbocycles. The Labute approximate surface area is 211 Å². The van der Waals surface area contributed by atoms with E-state index in [9.17, 15) is 4.79 Å². The van der Waals surface area contributed by atoms with Crippen molar-refractivity contribution < 1.29 is 19.0 Å². The quantitative estimate of drug-likeness (QED) is 0.180. The molecule has 0 bridgehead atoms. The molecular formula is C26H21ClINO4. The van der Waals surface area contributed by atoms with Crippen LogP contribution in [0.3, 0.4) is 0 Å². The molecule has 0 spiro atoms. The van der Waals surface area contributed by atoms with Gasteiger partial charge in [-0.25, -0.2) is 9.79 Å². The molecule has 0 radical (unpaired) electrons.